The smallest absolute Gasteiger partial charge is 0.768 e. The van der Waals surface area contributed by atoms with Gasteiger partial charge in [0.05, 0.1) is 18.7 Å². The van der Waals surface area contributed by atoms with Gasteiger partial charge in [0.15, 0.2) is 11.5 Å². The number of ether oxygens (including phenoxy) is 2. The summed E-state index contributed by atoms with van der Waals surface area (Å²) in [7, 11) is 0. The Hall–Kier alpha value is -1.79. The summed E-state index contributed by atoms with van der Waals surface area (Å²) in [4.78, 5) is 19.4. The molecule has 1 amide bonds. The number of nitrogens with one attached hydrogen (secondary N) is 1. The van der Waals surface area contributed by atoms with E-state index in [2.05, 4.69) is 15.2 Å². The molecule has 0 bridgehead atoms. The number of hydrogen-bond acceptors (Lipinski definition) is 7. The third-order valence-corrected chi connectivity index (χ3v) is 6.34. The standard InChI is InChI=1S/C26H29N3O5S.K/c1-2-33-23-10-3-4-11-24(23)34-21-8-6-14-29(18-21)25-13-12-20(17-27-25)26(30)28-16-19-7-5-9-22(15-19)35(31)32;/h3-5,7,9-13,15,17,21H,2,6,8,14,16,18H2,1H3,(H,28,30)(H,31,32);/q;+1/p-1. The largest absolute Gasteiger partial charge is 1.00 e. The summed E-state index contributed by atoms with van der Waals surface area (Å²) < 4.78 is 34.2. The zero-order valence-electron chi connectivity index (χ0n) is 20.5. The average Bonchev–Trinajstić information content (AvgIpc) is 2.89. The van der Waals surface area contributed by atoms with E-state index in [-0.39, 0.29) is 74.8 Å². The average molecular weight is 534 g/mol. The van der Waals surface area contributed by atoms with Crippen LogP contribution in [0.4, 0.5) is 5.82 Å². The molecule has 2 atom stereocenters. The predicted molar refractivity (Wildman–Crippen MR) is 133 cm³/mol. The number of rotatable bonds is 9. The molecule has 0 aliphatic carbocycles. The Labute approximate surface area is 256 Å². The second-order valence-electron chi connectivity index (χ2n) is 8.18. The Morgan fingerprint density at radius 1 is 1.17 bits per heavy atom. The second kappa shape index (κ2) is 14.2. The maximum atomic E-state index is 12.5. The van der Waals surface area contributed by atoms with Crippen LogP contribution in [-0.2, 0) is 17.6 Å². The van der Waals surface area contributed by atoms with Gasteiger partial charge in [0.25, 0.3) is 5.91 Å². The Morgan fingerprint density at radius 2 is 1.97 bits per heavy atom. The van der Waals surface area contributed by atoms with Crippen LogP contribution in [-0.4, -0.2) is 45.5 Å². The van der Waals surface area contributed by atoms with Crippen molar-refractivity contribution in [1.29, 1.82) is 0 Å². The molecule has 184 valence electrons. The summed E-state index contributed by atoms with van der Waals surface area (Å²) in [5, 5.41) is 2.80. The first kappa shape index (κ1) is 28.8. The molecule has 1 fully saturated rings. The number of piperidine rings is 1. The molecule has 4 rings (SSSR count). The second-order valence-corrected chi connectivity index (χ2v) is 9.12. The number of aromatic nitrogens is 1. The fourth-order valence-electron chi connectivity index (χ4n) is 4.00. The van der Waals surface area contributed by atoms with Crippen LogP contribution in [0.25, 0.3) is 0 Å². The van der Waals surface area contributed by atoms with Crippen LogP contribution in [0.3, 0.4) is 0 Å². The molecule has 0 radical (unpaired) electrons. The molecule has 1 N–H and O–H groups in total. The maximum Gasteiger partial charge on any atom is 1.00 e. The first-order valence-corrected chi connectivity index (χ1v) is 12.7. The van der Waals surface area contributed by atoms with Crippen molar-refractivity contribution >= 4 is 22.8 Å². The third kappa shape index (κ3) is 7.85. The number of anilines is 1. The Balaban J connectivity index is 0.00000361. The number of para-hydroxylation sites is 2. The molecule has 2 aromatic carbocycles. The first-order valence-electron chi connectivity index (χ1n) is 11.6. The number of hydrogen-bond donors (Lipinski definition) is 1. The van der Waals surface area contributed by atoms with E-state index in [1.807, 2.05) is 37.3 Å². The van der Waals surface area contributed by atoms with Crippen LogP contribution in [0, 0.1) is 0 Å². The molecule has 1 aliphatic rings. The van der Waals surface area contributed by atoms with Gasteiger partial charge in [-0.15, -0.1) is 0 Å². The molecular weight excluding hydrogens is 505 g/mol. The van der Waals surface area contributed by atoms with Gasteiger partial charge in [-0.25, -0.2) is 4.98 Å². The third-order valence-electron chi connectivity index (χ3n) is 5.70. The monoisotopic (exact) mass is 533 g/mol. The molecule has 36 heavy (non-hydrogen) atoms. The molecular formula is C26H28KN3O5S. The molecule has 0 spiro atoms. The summed E-state index contributed by atoms with van der Waals surface area (Å²) in [6.45, 7) is 4.30. The van der Waals surface area contributed by atoms with Crippen molar-refractivity contribution in [3.05, 3.63) is 78.0 Å². The molecule has 10 heteroatoms. The molecule has 3 aromatic rings. The van der Waals surface area contributed by atoms with Gasteiger partial charge in [-0.05, 0) is 72.8 Å². The minimum Gasteiger partial charge on any atom is -0.768 e. The van der Waals surface area contributed by atoms with Crippen molar-refractivity contribution in [2.75, 3.05) is 24.6 Å². The van der Waals surface area contributed by atoms with Gasteiger partial charge < -0.3 is 24.2 Å². The fraction of sp³-hybridized carbons (Fsp3) is 0.308. The number of carbonyl (C=O) groups is 1. The van der Waals surface area contributed by atoms with Crippen molar-refractivity contribution < 1.29 is 74.4 Å². The van der Waals surface area contributed by atoms with Crippen LogP contribution in [0.1, 0.15) is 35.7 Å². The van der Waals surface area contributed by atoms with E-state index in [0.29, 0.717) is 24.3 Å². The summed E-state index contributed by atoms with van der Waals surface area (Å²) in [5.41, 5.74) is 1.14. The zero-order chi connectivity index (χ0) is 24.6. The minimum absolute atomic E-state index is 0. The van der Waals surface area contributed by atoms with Crippen LogP contribution in [0.15, 0.2) is 71.8 Å². The van der Waals surface area contributed by atoms with E-state index in [4.69, 9.17) is 9.47 Å². The Bertz CT molecular complexity index is 1180. The van der Waals surface area contributed by atoms with Crippen LogP contribution >= 0.6 is 0 Å². The van der Waals surface area contributed by atoms with Gasteiger partial charge in [0.2, 0.25) is 0 Å². The van der Waals surface area contributed by atoms with Crippen molar-refractivity contribution in [1.82, 2.24) is 10.3 Å². The maximum absolute atomic E-state index is 12.5. The Kier molecular flexibility index (Phi) is 11.4. The van der Waals surface area contributed by atoms with E-state index < -0.39 is 11.1 Å². The Morgan fingerprint density at radius 3 is 2.69 bits per heavy atom. The van der Waals surface area contributed by atoms with Gasteiger partial charge in [0, 0.05) is 24.2 Å². The molecule has 1 aliphatic heterocycles. The normalized spacial score (nSPS) is 15.9. The van der Waals surface area contributed by atoms with Crippen molar-refractivity contribution in [3.63, 3.8) is 0 Å². The number of nitrogens with zero attached hydrogens (tertiary/aromatic N) is 2. The van der Waals surface area contributed by atoms with Crippen LogP contribution < -0.4 is 71.1 Å². The van der Waals surface area contributed by atoms with Gasteiger partial charge in [-0.3, -0.25) is 9.00 Å². The van der Waals surface area contributed by atoms with Crippen molar-refractivity contribution in [2.45, 2.75) is 37.3 Å². The molecule has 1 aromatic heterocycles. The van der Waals surface area contributed by atoms with Crippen molar-refractivity contribution in [3.8, 4) is 11.5 Å². The summed E-state index contributed by atoms with van der Waals surface area (Å²) in [6, 6.07) is 17.7. The SMILES string of the molecule is CCOc1ccccc1OC1CCCN(c2ccc(C(=O)NCc3cccc(S(=O)[O-])c3)cn2)C1.[K+]. The van der Waals surface area contributed by atoms with E-state index in [1.165, 1.54) is 12.1 Å². The molecule has 1 saturated heterocycles. The van der Waals surface area contributed by atoms with Gasteiger partial charge in [0.1, 0.15) is 11.9 Å². The minimum atomic E-state index is -2.30. The number of benzene rings is 2. The van der Waals surface area contributed by atoms with Gasteiger partial charge in [-0.1, -0.05) is 24.3 Å². The number of carbonyl (C=O) groups excluding carboxylic acids is 1. The predicted octanol–water partition coefficient (Wildman–Crippen LogP) is 0.700. The van der Waals surface area contributed by atoms with Crippen LogP contribution in [0.2, 0.25) is 0 Å². The fourth-order valence-corrected chi connectivity index (χ4v) is 4.43. The molecule has 2 unspecified atom stereocenters. The zero-order valence-corrected chi connectivity index (χ0v) is 24.5. The van der Waals surface area contributed by atoms with E-state index in [0.717, 1.165) is 36.7 Å². The van der Waals surface area contributed by atoms with E-state index in [9.17, 15) is 13.6 Å². The van der Waals surface area contributed by atoms with E-state index >= 15 is 0 Å². The quantitative estimate of drug-likeness (QED) is 0.319. The summed E-state index contributed by atoms with van der Waals surface area (Å²) >= 11 is -2.30. The summed E-state index contributed by atoms with van der Waals surface area (Å²) in [5.74, 6) is 2.01. The summed E-state index contributed by atoms with van der Waals surface area (Å²) in [6.07, 6.45) is 3.48. The van der Waals surface area contributed by atoms with Gasteiger partial charge >= 0.3 is 51.4 Å². The van der Waals surface area contributed by atoms with Gasteiger partial charge in [-0.2, -0.15) is 0 Å². The van der Waals surface area contributed by atoms with E-state index in [1.54, 1.807) is 24.4 Å². The first-order chi connectivity index (χ1) is 17.0. The number of amides is 1. The van der Waals surface area contributed by atoms with Crippen LogP contribution in [0.5, 0.6) is 11.5 Å². The molecule has 2 heterocycles. The topological polar surface area (TPSA) is 104 Å². The number of pyridine rings is 1. The molecule has 0 saturated carbocycles. The molecule has 8 nitrogen and oxygen atoms in total. The van der Waals surface area contributed by atoms with Crippen molar-refractivity contribution in [2.24, 2.45) is 0 Å².